The van der Waals surface area contributed by atoms with Crippen molar-refractivity contribution >= 4 is 22.6 Å². The van der Waals surface area contributed by atoms with E-state index in [1.54, 1.807) is 12.3 Å². The molecule has 1 aromatic carbocycles. The summed E-state index contributed by atoms with van der Waals surface area (Å²) in [4.78, 5) is 0. The van der Waals surface area contributed by atoms with Gasteiger partial charge in [-0.1, -0.05) is 11.6 Å². The predicted molar refractivity (Wildman–Crippen MR) is 40.1 cm³/mol. The summed E-state index contributed by atoms with van der Waals surface area (Å²) < 4.78 is 5.10. The SMILES string of the molecule is Clc1c[c]cc2ccoc12. The molecule has 1 nitrogen and oxygen atoms in total. The summed E-state index contributed by atoms with van der Waals surface area (Å²) in [6.45, 7) is 0. The minimum absolute atomic E-state index is 0.613. The topological polar surface area (TPSA) is 13.1 Å². The quantitative estimate of drug-likeness (QED) is 0.564. The summed E-state index contributed by atoms with van der Waals surface area (Å²) in [5.74, 6) is 0. The van der Waals surface area contributed by atoms with Crippen molar-refractivity contribution < 1.29 is 4.42 Å². The molecule has 2 heteroatoms. The van der Waals surface area contributed by atoms with Crippen LogP contribution in [0.25, 0.3) is 11.0 Å². The van der Waals surface area contributed by atoms with Crippen LogP contribution in [0.4, 0.5) is 0 Å². The van der Waals surface area contributed by atoms with Crippen LogP contribution in [0.3, 0.4) is 0 Å². The Labute approximate surface area is 63.2 Å². The third-order valence-electron chi connectivity index (χ3n) is 1.36. The second-order valence-corrected chi connectivity index (χ2v) is 2.42. The molecule has 1 heterocycles. The van der Waals surface area contributed by atoms with E-state index in [2.05, 4.69) is 6.07 Å². The van der Waals surface area contributed by atoms with Crippen LogP contribution in [0, 0.1) is 6.07 Å². The first-order valence-electron chi connectivity index (χ1n) is 2.91. The Balaban J connectivity index is 2.95. The van der Waals surface area contributed by atoms with Gasteiger partial charge in [0.05, 0.1) is 11.3 Å². The minimum Gasteiger partial charge on any atom is -0.463 e. The van der Waals surface area contributed by atoms with Gasteiger partial charge in [-0.25, -0.2) is 0 Å². The lowest BCUT2D eigenvalue weighted by atomic mass is 10.3. The van der Waals surface area contributed by atoms with Gasteiger partial charge < -0.3 is 4.42 Å². The van der Waals surface area contributed by atoms with Crippen molar-refractivity contribution in [1.82, 2.24) is 0 Å². The van der Waals surface area contributed by atoms with E-state index in [0.29, 0.717) is 5.02 Å². The summed E-state index contributed by atoms with van der Waals surface area (Å²) in [6.07, 6.45) is 1.62. The first-order chi connectivity index (χ1) is 4.88. The van der Waals surface area contributed by atoms with E-state index >= 15 is 0 Å². The van der Waals surface area contributed by atoms with E-state index in [9.17, 15) is 0 Å². The average Bonchev–Trinajstić information content (AvgIpc) is 2.36. The number of rotatable bonds is 0. The zero-order valence-corrected chi connectivity index (χ0v) is 5.85. The van der Waals surface area contributed by atoms with Crippen LogP contribution < -0.4 is 0 Å². The molecule has 1 aromatic heterocycles. The van der Waals surface area contributed by atoms with Gasteiger partial charge in [0.15, 0.2) is 5.58 Å². The molecule has 0 amide bonds. The standard InChI is InChI=1S/C8H4ClO/c9-7-3-1-2-6-4-5-10-8(6)7/h2-5H. The lowest BCUT2D eigenvalue weighted by Crippen LogP contribution is -1.64. The van der Waals surface area contributed by atoms with Gasteiger partial charge in [0, 0.05) is 5.39 Å². The van der Waals surface area contributed by atoms with Gasteiger partial charge in [-0.15, -0.1) is 0 Å². The van der Waals surface area contributed by atoms with E-state index < -0.39 is 0 Å². The highest BCUT2D eigenvalue weighted by molar-refractivity contribution is 6.34. The molecule has 0 fully saturated rings. The van der Waals surface area contributed by atoms with Crippen molar-refractivity contribution in [2.45, 2.75) is 0 Å². The van der Waals surface area contributed by atoms with Gasteiger partial charge >= 0.3 is 0 Å². The molecular formula is C8H4ClO. The highest BCUT2D eigenvalue weighted by atomic mass is 35.5. The Morgan fingerprint density at radius 3 is 3.10 bits per heavy atom. The first-order valence-corrected chi connectivity index (χ1v) is 3.28. The molecule has 0 atom stereocenters. The van der Waals surface area contributed by atoms with E-state index in [1.165, 1.54) is 0 Å². The van der Waals surface area contributed by atoms with Crippen LogP contribution >= 0.6 is 11.6 Å². The summed E-state index contributed by atoms with van der Waals surface area (Å²) >= 11 is 5.77. The Hall–Kier alpha value is -0.950. The molecule has 1 radical (unpaired) electrons. The molecule has 0 spiro atoms. The minimum atomic E-state index is 0.613. The third-order valence-corrected chi connectivity index (χ3v) is 1.64. The lowest BCUT2D eigenvalue weighted by Gasteiger charge is -1.87. The largest absolute Gasteiger partial charge is 0.463 e. The van der Waals surface area contributed by atoms with Crippen molar-refractivity contribution in [2.24, 2.45) is 0 Å². The van der Waals surface area contributed by atoms with Crippen LogP contribution in [0.2, 0.25) is 5.02 Å². The molecule has 0 aliphatic rings. The second-order valence-electron chi connectivity index (χ2n) is 2.01. The zero-order valence-electron chi connectivity index (χ0n) is 5.10. The maximum Gasteiger partial charge on any atom is 0.152 e. The number of furan rings is 1. The van der Waals surface area contributed by atoms with Crippen LogP contribution in [0.5, 0.6) is 0 Å². The molecule has 49 valence electrons. The molecule has 0 saturated heterocycles. The van der Waals surface area contributed by atoms with Crippen molar-refractivity contribution in [3.8, 4) is 0 Å². The van der Waals surface area contributed by atoms with Crippen molar-refractivity contribution in [2.75, 3.05) is 0 Å². The fourth-order valence-electron chi connectivity index (χ4n) is 0.897. The molecule has 0 aliphatic heterocycles. The summed E-state index contributed by atoms with van der Waals surface area (Å²) in [5.41, 5.74) is 0.736. The molecule has 0 unspecified atom stereocenters. The molecule has 0 N–H and O–H groups in total. The number of hydrogen-bond donors (Lipinski definition) is 0. The van der Waals surface area contributed by atoms with Crippen molar-refractivity contribution in [3.63, 3.8) is 0 Å². The Bertz CT molecular complexity index is 351. The highest BCUT2D eigenvalue weighted by Crippen LogP contribution is 2.22. The highest BCUT2D eigenvalue weighted by Gasteiger charge is 1.98. The van der Waals surface area contributed by atoms with E-state index in [4.69, 9.17) is 16.0 Å². The Morgan fingerprint density at radius 2 is 2.30 bits per heavy atom. The number of fused-ring (bicyclic) bond motifs is 1. The fourth-order valence-corrected chi connectivity index (χ4v) is 1.11. The molecular weight excluding hydrogens is 148 g/mol. The van der Waals surface area contributed by atoms with Crippen LogP contribution in [-0.2, 0) is 0 Å². The van der Waals surface area contributed by atoms with Gasteiger partial charge in [0.2, 0.25) is 0 Å². The summed E-state index contributed by atoms with van der Waals surface area (Å²) in [5, 5.41) is 1.61. The van der Waals surface area contributed by atoms with Crippen molar-refractivity contribution in [3.05, 3.63) is 35.6 Å². The van der Waals surface area contributed by atoms with Gasteiger partial charge in [-0.3, -0.25) is 0 Å². The molecule has 2 aromatic rings. The number of benzene rings is 1. The Kier molecular flexibility index (Phi) is 1.18. The zero-order chi connectivity index (χ0) is 6.97. The van der Waals surface area contributed by atoms with Gasteiger partial charge in [0.1, 0.15) is 0 Å². The molecule has 10 heavy (non-hydrogen) atoms. The molecule has 0 bridgehead atoms. The van der Waals surface area contributed by atoms with E-state index in [0.717, 1.165) is 11.0 Å². The van der Waals surface area contributed by atoms with E-state index in [1.807, 2.05) is 12.1 Å². The maximum atomic E-state index is 5.77. The lowest BCUT2D eigenvalue weighted by molar-refractivity contribution is 0.616. The summed E-state index contributed by atoms with van der Waals surface area (Å²) in [7, 11) is 0. The average molecular weight is 152 g/mol. The smallest absolute Gasteiger partial charge is 0.152 e. The fraction of sp³-hybridized carbons (Fsp3) is 0. The van der Waals surface area contributed by atoms with Gasteiger partial charge in [-0.05, 0) is 24.3 Å². The monoisotopic (exact) mass is 151 g/mol. The molecule has 0 saturated carbocycles. The maximum absolute atomic E-state index is 5.77. The predicted octanol–water partition coefficient (Wildman–Crippen LogP) is 2.89. The van der Waals surface area contributed by atoms with Crippen LogP contribution in [0.1, 0.15) is 0 Å². The van der Waals surface area contributed by atoms with Gasteiger partial charge in [-0.2, -0.15) is 0 Å². The van der Waals surface area contributed by atoms with Crippen molar-refractivity contribution in [1.29, 1.82) is 0 Å². The Morgan fingerprint density at radius 1 is 1.40 bits per heavy atom. The number of halogens is 1. The molecule has 0 aliphatic carbocycles. The third kappa shape index (κ3) is 0.711. The van der Waals surface area contributed by atoms with E-state index in [-0.39, 0.29) is 0 Å². The van der Waals surface area contributed by atoms with Crippen LogP contribution in [0.15, 0.2) is 28.9 Å². The summed E-state index contributed by atoms with van der Waals surface area (Å²) in [6, 6.07) is 8.28. The first kappa shape index (κ1) is 5.81. The normalized spacial score (nSPS) is 10.5. The van der Waals surface area contributed by atoms with Crippen LogP contribution in [-0.4, -0.2) is 0 Å². The molecule has 2 rings (SSSR count). The second kappa shape index (κ2) is 2.03. The number of hydrogen-bond acceptors (Lipinski definition) is 1. The van der Waals surface area contributed by atoms with Gasteiger partial charge in [0.25, 0.3) is 0 Å².